The lowest BCUT2D eigenvalue weighted by molar-refractivity contribution is 0.458. The normalized spacial score (nSPS) is 10.7. The van der Waals surface area contributed by atoms with Gasteiger partial charge in [0.15, 0.2) is 23.3 Å². The number of hydrogen-bond acceptors (Lipinski definition) is 1. The second kappa shape index (κ2) is 7.24. The summed E-state index contributed by atoms with van der Waals surface area (Å²) in [4.78, 5) is 0. The van der Waals surface area contributed by atoms with Gasteiger partial charge < -0.3 is 5.32 Å². The summed E-state index contributed by atoms with van der Waals surface area (Å²) in [5, 5.41) is 2.41. The van der Waals surface area contributed by atoms with Crippen molar-refractivity contribution in [1.29, 1.82) is 0 Å². The molecule has 0 aromatic heterocycles. The Kier molecular flexibility index (Phi) is 5.95. The standard InChI is InChI=1S/C13H17F4N/c1-2-3-4-5-6-7-18-13-11(16)9(14)8-10(15)12(13)17/h8,18H,2-7H2,1H3. The zero-order valence-electron chi connectivity index (χ0n) is 10.3. The molecule has 0 aliphatic carbocycles. The van der Waals surface area contributed by atoms with Gasteiger partial charge in [0.1, 0.15) is 5.69 Å². The van der Waals surface area contributed by atoms with Gasteiger partial charge in [0, 0.05) is 12.6 Å². The van der Waals surface area contributed by atoms with E-state index in [1.807, 2.05) is 0 Å². The van der Waals surface area contributed by atoms with Gasteiger partial charge in [-0.2, -0.15) is 0 Å². The van der Waals surface area contributed by atoms with Gasteiger partial charge in [-0.05, 0) is 6.42 Å². The van der Waals surface area contributed by atoms with Crippen LogP contribution in [0.2, 0.25) is 0 Å². The topological polar surface area (TPSA) is 12.0 Å². The average Bonchev–Trinajstić information content (AvgIpc) is 2.35. The van der Waals surface area contributed by atoms with Crippen molar-refractivity contribution in [2.45, 2.75) is 39.0 Å². The smallest absolute Gasteiger partial charge is 0.185 e. The van der Waals surface area contributed by atoms with Crippen molar-refractivity contribution in [2.24, 2.45) is 0 Å². The Bertz CT molecular complexity index is 367. The van der Waals surface area contributed by atoms with E-state index in [1.165, 1.54) is 0 Å². The number of unbranched alkanes of at least 4 members (excludes halogenated alkanes) is 4. The Morgan fingerprint density at radius 3 is 2.00 bits per heavy atom. The monoisotopic (exact) mass is 263 g/mol. The minimum Gasteiger partial charge on any atom is -0.380 e. The molecule has 1 rings (SSSR count). The zero-order valence-corrected chi connectivity index (χ0v) is 10.3. The molecule has 0 heterocycles. The number of hydrogen-bond donors (Lipinski definition) is 1. The number of benzene rings is 1. The highest BCUT2D eigenvalue weighted by Gasteiger charge is 2.18. The summed E-state index contributed by atoms with van der Waals surface area (Å²) in [7, 11) is 0. The molecule has 0 unspecified atom stereocenters. The van der Waals surface area contributed by atoms with E-state index in [2.05, 4.69) is 12.2 Å². The summed E-state index contributed by atoms with van der Waals surface area (Å²) in [6.07, 6.45) is 4.88. The number of rotatable bonds is 7. The van der Waals surface area contributed by atoms with Crippen LogP contribution in [0.3, 0.4) is 0 Å². The maximum absolute atomic E-state index is 13.2. The molecular formula is C13H17F4N. The Hall–Kier alpha value is -1.26. The molecule has 102 valence electrons. The lowest BCUT2D eigenvalue weighted by Crippen LogP contribution is -2.08. The van der Waals surface area contributed by atoms with Gasteiger partial charge in [0.2, 0.25) is 0 Å². The van der Waals surface area contributed by atoms with Crippen LogP contribution in [0.15, 0.2) is 6.07 Å². The Balaban J connectivity index is 2.52. The summed E-state index contributed by atoms with van der Waals surface area (Å²) >= 11 is 0. The third-order valence-corrected chi connectivity index (χ3v) is 2.69. The van der Waals surface area contributed by atoms with Crippen molar-refractivity contribution in [3.63, 3.8) is 0 Å². The predicted molar refractivity (Wildman–Crippen MR) is 63.5 cm³/mol. The van der Waals surface area contributed by atoms with Crippen molar-refractivity contribution >= 4 is 5.69 Å². The first-order chi connectivity index (χ1) is 8.57. The highest BCUT2D eigenvalue weighted by atomic mass is 19.2. The molecule has 1 N–H and O–H groups in total. The predicted octanol–water partition coefficient (Wildman–Crippen LogP) is 4.63. The van der Waals surface area contributed by atoms with Crippen molar-refractivity contribution < 1.29 is 17.6 Å². The second-order valence-electron chi connectivity index (χ2n) is 4.18. The van der Waals surface area contributed by atoms with Crippen molar-refractivity contribution in [3.05, 3.63) is 29.3 Å². The van der Waals surface area contributed by atoms with E-state index in [0.29, 0.717) is 13.0 Å². The van der Waals surface area contributed by atoms with Gasteiger partial charge in [0.05, 0.1) is 0 Å². The van der Waals surface area contributed by atoms with Gasteiger partial charge in [-0.25, -0.2) is 17.6 Å². The minimum atomic E-state index is -1.39. The average molecular weight is 263 g/mol. The zero-order chi connectivity index (χ0) is 13.5. The quantitative estimate of drug-likeness (QED) is 0.430. The molecule has 0 saturated heterocycles. The summed E-state index contributed by atoms with van der Waals surface area (Å²) < 4.78 is 52.2. The molecule has 0 aliphatic heterocycles. The lowest BCUT2D eigenvalue weighted by atomic mass is 10.1. The Morgan fingerprint density at radius 2 is 1.44 bits per heavy atom. The molecule has 0 aliphatic rings. The number of anilines is 1. The molecule has 0 atom stereocenters. The third kappa shape index (κ3) is 3.89. The summed E-state index contributed by atoms with van der Waals surface area (Å²) in [5.41, 5.74) is -0.719. The van der Waals surface area contributed by atoms with Gasteiger partial charge in [0.25, 0.3) is 0 Å². The fourth-order valence-corrected chi connectivity index (χ4v) is 1.67. The molecular weight excluding hydrogens is 246 g/mol. The van der Waals surface area contributed by atoms with E-state index >= 15 is 0 Å². The molecule has 1 nitrogen and oxygen atoms in total. The highest BCUT2D eigenvalue weighted by molar-refractivity contribution is 5.47. The van der Waals surface area contributed by atoms with Crippen molar-refractivity contribution in [2.75, 3.05) is 11.9 Å². The molecule has 0 radical (unpaired) electrons. The molecule has 0 spiro atoms. The van der Waals surface area contributed by atoms with Gasteiger partial charge in [-0.1, -0.05) is 32.6 Å². The molecule has 0 amide bonds. The second-order valence-corrected chi connectivity index (χ2v) is 4.18. The molecule has 0 bridgehead atoms. The molecule has 0 fully saturated rings. The van der Waals surface area contributed by atoms with E-state index in [-0.39, 0.29) is 6.07 Å². The fourth-order valence-electron chi connectivity index (χ4n) is 1.67. The minimum absolute atomic E-state index is 0.205. The molecule has 1 aromatic rings. The van der Waals surface area contributed by atoms with Gasteiger partial charge in [-0.3, -0.25) is 0 Å². The van der Waals surface area contributed by atoms with E-state index in [1.54, 1.807) is 0 Å². The van der Waals surface area contributed by atoms with Crippen LogP contribution in [0.4, 0.5) is 23.2 Å². The van der Waals surface area contributed by atoms with Crippen LogP contribution in [-0.2, 0) is 0 Å². The Labute approximate surface area is 104 Å². The van der Waals surface area contributed by atoms with Crippen LogP contribution in [0, 0.1) is 23.3 Å². The first-order valence-electron chi connectivity index (χ1n) is 6.14. The summed E-state index contributed by atoms with van der Waals surface area (Å²) in [5.74, 6) is -5.52. The molecule has 1 aromatic carbocycles. The van der Waals surface area contributed by atoms with Gasteiger partial charge in [-0.15, -0.1) is 0 Å². The lowest BCUT2D eigenvalue weighted by Gasteiger charge is -2.09. The largest absolute Gasteiger partial charge is 0.380 e. The molecule has 5 heteroatoms. The highest BCUT2D eigenvalue weighted by Crippen LogP contribution is 2.24. The first-order valence-corrected chi connectivity index (χ1v) is 6.14. The van der Waals surface area contributed by atoms with Crippen LogP contribution in [0.1, 0.15) is 39.0 Å². The van der Waals surface area contributed by atoms with Crippen molar-refractivity contribution in [3.8, 4) is 0 Å². The number of halogens is 4. The van der Waals surface area contributed by atoms with Crippen molar-refractivity contribution in [1.82, 2.24) is 0 Å². The number of nitrogens with one attached hydrogen (secondary N) is 1. The maximum atomic E-state index is 13.2. The maximum Gasteiger partial charge on any atom is 0.185 e. The third-order valence-electron chi connectivity index (χ3n) is 2.69. The Morgan fingerprint density at radius 1 is 0.889 bits per heavy atom. The molecule has 18 heavy (non-hydrogen) atoms. The summed E-state index contributed by atoms with van der Waals surface area (Å²) in [6, 6.07) is 0.205. The van der Waals surface area contributed by atoms with E-state index in [0.717, 1.165) is 25.7 Å². The van der Waals surface area contributed by atoms with E-state index in [4.69, 9.17) is 0 Å². The van der Waals surface area contributed by atoms with Crippen LogP contribution >= 0.6 is 0 Å². The first kappa shape index (κ1) is 14.8. The van der Waals surface area contributed by atoms with E-state index in [9.17, 15) is 17.6 Å². The van der Waals surface area contributed by atoms with Crippen LogP contribution < -0.4 is 5.32 Å². The van der Waals surface area contributed by atoms with Crippen LogP contribution in [0.5, 0.6) is 0 Å². The van der Waals surface area contributed by atoms with Crippen LogP contribution in [0.25, 0.3) is 0 Å². The fraction of sp³-hybridized carbons (Fsp3) is 0.538. The van der Waals surface area contributed by atoms with Crippen LogP contribution in [-0.4, -0.2) is 6.54 Å². The van der Waals surface area contributed by atoms with E-state index < -0.39 is 29.0 Å². The van der Waals surface area contributed by atoms with Gasteiger partial charge >= 0.3 is 0 Å². The summed E-state index contributed by atoms with van der Waals surface area (Å²) in [6.45, 7) is 2.37. The molecule has 0 saturated carbocycles. The SMILES string of the molecule is CCCCCCCNc1c(F)c(F)cc(F)c1F.